The molecule has 5 heavy (non-hydrogen) atoms. The standard InChI is InChI=1S/C4H8.Ar/c1-3-4-2;/h3-4H,1-2H3;. The summed E-state index contributed by atoms with van der Waals surface area (Å²) in [6, 6.07) is 0. The first kappa shape index (κ1) is 9.37. The van der Waals surface area contributed by atoms with E-state index in [0.717, 1.165) is 0 Å². The molecule has 0 saturated heterocycles. The molecule has 0 radical (unpaired) electrons. The molecule has 0 heterocycles. The number of hydrogen-bond donors (Lipinski definition) is 0. The summed E-state index contributed by atoms with van der Waals surface area (Å²) in [5, 5.41) is 0. The molecule has 0 fully saturated rings. The van der Waals surface area contributed by atoms with Crippen molar-refractivity contribution in [2.45, 2.75) is 13.8 Å². The maximum Gasteiger partial charge on any atom is 0 e. The molecule has 1 heteroatoms. The van der Waals surface area contributed by atoms with Crippen LogP contribution in [0.15, 0.2) is 12.2 Å². The fraction of sp³-hybridized carbons (Fsp3) is 0.500. The second-order valence-corrected chi connectivity index (χ2v) is 0.667. The van der Waals surface area contributed by atoms with E-state index < -0.39 is 0 Å². The molecule has 0 amide bonds. The van der Waals surface area contributed by atoms with Crippen molar-refractivity contribution < 1.29 is 37.7 Å². The Hall–Kier alpha value is 1.000. The van der Waals surface area contributed by atoms with E-state index in [-0.39, 0.29) is 37.7 Å². The minimum atomic E-state index is 0. The first-order valence-electron chi connectivity index (χ1n) is 1.49. The molecule has 0 aromatic heterocycles. The summed E-state index contributed by atoms with van der Waals surface area (Å²) in [5.74, 6) is 0. The van der Waals surface area contributed by atoms with E-state index in [1.165, 1.54) is 0 Å². The molecule has 0 bridgehead atoms. The second-order valence-electron chi connectivity index (χ2n) is 0.667. The van der Waals surface area contributed by atoms with Gasteiger partial charge in [0.25, 0.3) is 0 Å². The van der Waals surface area contributed by atoms with Crippen LogP contribution >= 0.6 is 0 Å². The van der Waals surface area contributed by atoms with Gasteiger partial charge in [-0.3, -0.25) is 0 Å². The van der Waals surface area contributed by atoms with Gasteiger partial charge in [-0.2, -0.15) is 0 Å². The van der Waals surface area contributed by atoms with Crippen LogP contribution in [0.5, 0.6) is 0 Å². The summed E-state index contributed by atoms with van der Waals surface area (Å²) in [5.41, 5.74) is 0. The summed E-state index contributed by atoms with van der Waals surface area (Å²) >= 11 is 0. The molecule has 0 rings (SSSR count). The Morgan fingerprint density at radius 2 is 1.20 bits per heavy atom. The van der Waals surface area contributed by atoms with E-state index in [0.29, 0.717) is 0 Å². The molecular formula is C4H8Ar. The van der Waals surface area contributed by atoms with Crippen LogP contribution in [0.3, 0.4) is 0 Å². The van der Waals surface area contributed by atoms with E-state index in [9.17, 15) is 0 Å². The van der Waals surface area contributed by atoms with Gasteiger partial charge in [0, 0.05) is 37.7 Å². The van der Waals surface area contributed by atoms with Crippen molar-refractivity contribution in [3.8, 4) is 0 Å². The maximum absolute atomic E-state index is 2.00. The Kier molecular flexibility index (Phi) is 16.7. The molecule has 0 N–H and O–H groups in total. The normalized spacial score (nSPS) is 7.60. The second kappa shape index (κ2) is 8.89. The number of rotatable bonds is 0. The van der Waals surface area contributed by atoms with Crippen molar-refractivity contribution in [1.29, 1.82) is 0 Å². The van der Waals surface area contributed by atoms with E-state index in [2.05, 4.69) is 0 Å². The zero-order valence-corrected chi connectivity index (χ0v) is 4.22. The van der Waals surface area contributed by atoms with Gasteiger partial charge in [0.2, 0.25) is 0 Å². The Bertz CT molecular complexity index is 18.8. The van der Waals surface area contributed by atoms with Crippen LogP contribution in [-0.4, -0.2) is 0 Å². The van der Waals surface area contributed by atoms with Gasteiger partial charge in [-0.1, -0.05) is 12.2 Å². The predicted molar refractivity (Wildman–Crippen MR) is 20.5 cm³/mol. The molecule has 0 aromatic carbocycles. The quantitative estimate of drug-likeness (QED) is 0.401. The molecule has 0 spiro atoms. The maximum atomic E-state index is 2.00. The van der Waals surface area contributed by atoms with Gasteiger partial charge in [-0.15, -0.1) is 0 Å². The molecule has 0 nitrogen and oxygen atoms in total. The zero-order valence-electron chi connectivity index (χ0n) is 3.51. The molecule has 32 valence electrons. The fourth-order valence-corrected chi connectivity index (χ4v) is 0. The Morgan fingerprint density at radius 3 is 1.20 bits per heavy atom. The van der Waals surface area contributed by atoms with Gasteiger partial charge < -0.3 is 0 Å². The number of hydrogen-bond acceptors (Lipinski definition) is 0. The molecule has 0 saturated carbocycles. The largest absolute Gasteiger partial charge is 0.0919 e. The smallest absolute Gasteiger partial charge is 0 e. The van der Waals surface area contributed by atoms with Crippen LogP contribution in [0.4, 0.5) is 0 Å². The van der Waals surface area contributed by atoms with Gasteiger partial charge in [0.15, 0.2) is 0 Å². The Balaban J connectivity index is 0. The minimum Gasteiger partial charge on any atom is -0.0919 e. The zero-order chi connectivity index (χ0) is 3.41. The minimum absolute atomic E-state index is 0. The van der Waals surface area contributed by atoms with Crippen LogP contribution < -0.4 is 0 Å². The van der Waals surface area contributed by atoms with Crippen LogP contribution in [0.25, 0.3) is 0 Å². The summed E-state index contributed by atoms with van der Waals surface area (Å²) in [6.07, 6.45) is 4.00. The van der Waals surface area contributed by atoms with Crippen molar-refractivity contribution in [1.82, 2.24) is 0 Å². The van der Waals surface area contributed by atoms with Crippen LogP contribution in [0.2, 0.25) is 0 Å². The SMILES string of the molecule is CC=CC.[Ar]. The van der Waals surface area contributed by atoms with E-state index in [1.807, 2.05) is 26.0 Å². The topological polar surface area (TPSA) is 0 Å². The molecule has 0 aromatic rings. The van der Waals surface area contributed by atoms with Gasteiger partial charge in [-0.25, -0.2) is 0 Å². The summed E-state index contributed by atoms with van der Waals surface area (Å²) in [4.78, 5) is 0. The Morgan fingerprint density at radius 1 is 1.00 bits per heavy atom. The summed E-state index contributed by atoms with van der Waals surface area (Å²) < 4.78 is 0. The summed E-state index contributed by atoms with van der Waals surface area (Å²) in [6.45, 7) is 4.00. The molecule has 0 aliphatic carbocycles. The van der Waals surface area contributed by atoms with E-state index in [4.69, 9.17) is 0 Å². The third-order valence-electron chi connectivity index (χ3n) is 0.333. The van der Waals surface area contributed by atoms with E-state index >= 15 is 0 Å². The van der Waals surface area contributed by atoms with Crippen LogP contribution in [-0.2, 0) is 0 Å². The summed E-state index contributed by atoms with van der Waals surface area (Å²) in [7, 11) is 0. The molecule has 0 aliphatic heterocycles. The first-order valence-corrected chi connectivity index (χ1v) is 1.49. The average molecular weight is 96.1 g/mol. The first-order chi connectivity index (χ1) is 1.91. The number of allylic oxidation sites excluding steroid dienone is 2. The van der Waals surface area contributed by atoms with Gasteiger partial charge in [0.05, 0.1) is 0 Å². The van der Waals surface area contributed by atoms with Crippen molar-refractivity contribution in [2.24, 2.45) is 0 Å². The molecule has 0 aliphatic rings. The van der Waals surface area contributed by atoms with Gasteiger partial charge >= 0.3 is 0 Å². The van der Waals surface area contributed by atoms with Crippen molar-refractivity contribution in [3.63, 3.8) is 0 Å². The average Bonchev–Trinajstić information content (AvgIpc) is 1.37. The van der Waals surface area contributed by atoms with Crippen molar-refractivity contribution >= 4 is 0 Å². The van der Waals surface area contributed by atoms with Crippen molar-refractivity contribution in [3.05, 3.63) is 12.2 Å². The molecular weight excluding hydrogens is 88.0 g/mol. The molecule has 0 atom stereocenters. The predicted octanol–water partition coefficient (Wildman–Crippen LogP) is 1.58. The third kappa shape index (κ3) is 11.3. The van der Waals surface area contributed by atoms with Gasteiger partial charge in [-0.05, 0) is 13.8 Å². The van der Waals surface area contributed by atoms with E-state index in [1.54, 1.807) is 0 Å². The van der Waals surface area contributed by atoms with Crippen molar-refractivity contribution in [2.75, 3.05) is 0 Å². The van der Waals surface area contributed by atoms with Gasteiger partial charge in [0.1, 0.15) is 0 Å². The third-order valence-corrected chi connectivity index (χ3v) is 0.333. The molecule has 0 unspecified atom stereocenters. The van der Waals surface area contributed by atoms with Crippen LogP contribution in [0.1, 0.15) is 13.8 Å². The monoisotopic (exact) mass is 96.0 g/mol. The fourth-order valence-electron chi connectivity index (χ4n) is 0. The van der Waals surface area contributed by atoms with Crippen LogP contribution in [0, 0.1) is 37.7 Å². The Labute approximate surface area is 63.3 Å².